The lowest BCUT2D eigenvalue weighted by atomic mass is 10.0. The van der Waals surface area contributed by atoms with Gasteiger partial charge in [0.05, 0.1) is 10.7 Å². The highest BCUT2D eigenvalue weighted by atomic mass is 35.5. The summed E-state index contributed by atoms with van der Waals surface area (Å²) in [5.41, 5.74) is 1.91. The van der Waals surface area contributed by atoms with Crippen LogP contribution in [0.1, 0.15) is 5.56 Å². The maximum atomic E-state index is 13.6. The van der Waals surface area contributed by atoms with Crippen LogP contribution in [0.15, 0.2) is 52.4 Å². The summed E-state index contributed by atoms with van der Waals surface area (Å²) in [7, 11) is 0. The molecule has 0 aliphatic heterocycles. The van der Waals surface area contributed by atoms with Crippen molar-refractivity contribution >= 4 is 23.4 Å². The van der Waals surface area contributed by atoms with Crippen molar-refractivity contribution in [2.24, 2.45) is 0 Å². The van der Waals surface area contributed by atoms with Gasteiger partial charge in [0.25, 0.3) is 5.56 Å². The molecule has 25 heavy (non-hydrogen) atoms. The van der Waals surface area contributed by atoms with E-state index < -0.39 is 11.4 Å². The number of nitrogens with one attached hydrogen (secondary N) is 1. The number of aromatic amines is 1. The van der Waals surface area contributed by atoms with Gasteiger partial charge in [-0.15, -0.1) is 0 Å². The van der Waals surface area contributed by atoms with Crippen LogP contribution in [0.4, 0.5) is 4.39 Å². The number of rotatable bonds is 3. The van der Waals surface area contributed by atoms with Crippen LogP contribution in [0.25, 0.3) is 22.4 Å². The first-order valence-corrected chi connectivity index (χ1v) is 8.78. The lowest BCUT2D eigenvalue weighted by molar-refractivity contribution is 0.629. The van der Waals surface area contributed by atoms with E-state index in [-0.39, 0.29) is 10.6 Å². The van der Waals surface area contributed by atoms with Gasteiger partial charge < -0.3 is 4.98 Å². The van der Waals surface area contributed by atoms with Crippen molar-refractivity contribution in [2.75, 3.05) is 6.26 Å². The Hall–Kier alpha value is -2.62. The number of nitrogens with zero attached hydrogens (tertiary/aromatic N) is 2. The second kappa shape index (κ2) is 7.09. The fourth-order valence-corrected chi connectivity index (χ4v) is 2.85. The van der Waals surface area contributed by atoms with Gasteiger partial charge in [0, 0.05) is 5.56 Å². The second-order valence-corrected chi connectivity index (χ2v) is 6.32. The molecule has 0 radical (unpaired) electrons. The summed E-state index contributed by atoms with van der Waals surface area (Å²) < 4.78 is 13.6. The molecule has 0 atom stereocenters. The van der Waals surface area contributed by atoms with Gasteiger partial charge in [0.1, 0.15) is 17.4 Å². The lowest BCUT2D eigenvalue weighted by Crippen LogP contribution is -2.14. The SMILES string of the molecule is CSc1nc(-c2ccc(-c3ccc(Cl)c(F)c3)cc2)c(C#N)c(=O)[nH]1. The largest absolute Gasteiger partial charge is 0.300 e. The molecule has 0 fully saturated rings. The Balaban J connectivity index is 2.06. The maximum Gasteiger partial charge on any atom is 0.270 e. The molecule has 0 amide bonds. The molecule has 0 bridgehead atoms. The Morgan fingerprint density at radius 2 is 1.80 bits per heavy atom. The van der Waals surface area contributed by atoms with Gasteiger partial charge in [-0.05, 0) is 29.5 Å². The number of H-pyrrole nitrogens is 1. The summed E-state index contributed by atoms with van der Waals surface area (Å²) in [5.74, 6) is -0.490. The number of halogens is 2. The minimum atomic E-state index is -0.490. The first kappa shape index (κ1) is 17.2. The Morgan fingerprint density at radius 3 is 2.40 bits per heavy atom. The average molecular weight is 372 g/mol. The van der Waals surface area contributed by atoms with Gasteiger partial charge in [-0.2, -0.15) is 5.26 Å². The molecule has 2 aromatic carbocycles. The molecule has 1 aromatic heterocycles. The van der Waals surface area contributed by atoms with Crippen LogP contribution in [0.2, 0.25) is 5.02 Å². The third-order valence-electron chi connectivity index (χ3n) is 3.61. The Bertz CT molecular complexity index is 1040. The smallest absolute Gasteiger partial charge is 0.270 e. The minimum Gasteiger partial charge on any atom is -0.300 e. The lowest BCUT2D eigenvalue weighted by Gasteiger charge is -2.07. The number of thioether (sulfide) groups is 1. The molecule has 3 rings (SSSR count). The zero-order valence-electron chi connectivity index (χ0n) is 13.0. The van der Waals surface area contributed by atoms with Crippen molar-refractivity contribution in [1.82, 2.24) is 9.97 Å². The van der Waals surface area contributed by atoms with Crippen molar-refractivity contribution < 1.29 is 4.39 Å². The first-order chi connectivity index (χ1) is 12.0. The maximum absolute atomic E-state index is 13.6. The van der Waals surface area contributed by atoms with Gasteiger partial charge >= 0.3 is 0 Å². The van der Waals surface area contributed by atoms with Crippen LogP contribution in [-0.4, -0.2) is 16.2 Å². The molecule has 0 spiro atoms. The van der Waals surface area contributed by atoms with Crippen molar-refractivity contribution in [3.05, 3.63) is 69.2 Å². The van der Waals surface area contributed by atoms with Gasteiger partial charge in [0.15, 0.2) is 5.16 Å². The quantitative estimate of drug-likeness (QED) is 0.544. The van der Waals surface area contributed by atoms with E-state index in [1.54, 1.807) is 36.6 Å². The van der Waals surface area contributed by atoms with Crippen molar-refractivity contribution in [3.8, 4) is 28.5 Å². The van der Waals surface area contributed by atoms with Gasteiger partial charge in [0.2, 0.25) is 0 Å². The van der Waals surface area contributed by atoms with E-state index in [1.165, 1.54) is 23.9 Å². The van der Waals surface area contributed by atoms with E-state index in [1.807, 2.05) is 6.07 Å². The molecule has 3 aromatic rings. The highest BCUT2D eigenvalue weighted by Gasteiger charge is 2.13. The highest BCUT2D eigenvalue weighted by Crippen LogP contribution is 2.27. The molecule has 0 aliphatic carbocycles. The topological polar surface area (TPSA) is 69.5 Å². The third kappa shape index (κ3) is 3.43. The van der Waals surface area contributed by atoms with Crippen LogP contribution in [0.5, 0.6) is 0 Å². The van der Waals surface area contributed by atoms with E-state index >= 15 is 0 Å². The molecule has 0 aliphatic rings. The number of hydrogen-bond acceptors (Lipinski definition) is 4. The Kier molecular flexibility index (Phi) is 4.88. The van der Waals surface area contributed by atoms with Crippen molar-refractivity contribution in [3.63, 3.8) is 0 Å². The standard InChI is InChI=1S/C18H11ClFN3OS/c1-25-18-22-16(13(9-21)17(24)23-18)11-4-2-10(3-5-11)12-6-7-14(19)15(20)8-12/h2-8H,1H3,(H,22,23,24). The van der Waals surface area contributed by atoms with Gasteiger partial charge in [-0.3, -0.25) is 4.79 Å². The molecule has 0 unspecified atom stereocenters. The number of nitriles is 1. The zero-order chi connectivity index (χ0) is 18.0. The Morgan fingerprint density at radius 1 is 1.16 bits per heavy atom. The summed E-state index contributed by atoms with van der Waals surface area (Å²) in [6.45, 7) is 0. The van der Waals surface area contributed by atoms with Gasteiger partial charge in [-0.1, -0.05) is 53.7 Å². The van der Waals surface area contributed by atoms with Crippen molar-refractivity contribution in [1.29, 1.82) is 5.26 Å². The number of benzene rings is 2. The van der Waals surface area contributed by atoms with Crippen LogP contribution in [-0.2, 0) is 0 Å². The molecule has 0 saturated carbocycles. The van der Waals surface area contributed by atoms with E-state index in [0.29, 0.717) is 22.0 Å². The molecule has 1 N–H and O–H groups in total. The molecule has 4 nitrogen and oxygen atoms in total. The predicted molar refractivity (Wildman–Crippen MR) is 97.2 cm³/mol. The summed E-state index contributed by atoms with van der Waals surface area (Å²) in [5, 5.41) is 9.74. The van der Waals surface area contributed by atoms with Crippen LogP contribution >= 0.6 is 23.4 Å². The fraction of sp³-hybridized carbons (Fsp3) is 0.0556. The fourth-order valence-electron chi connectivity index (χ4n) is 2.36. The monoisotopic (exact) mass is 371 g/mol. The molecule has 1 heterocycles. The van der Waals surface area contributed by atoms with E-state index in [0.717, 1.165) is 5.56 Å². The predicted octanol–water partition coefficient (Wildman–Crippen LogP) is 4.49. The summed E-state index contributed by atoms with van der Waals surface area (Å²) in [4.78, 5) is 18.9. The minimum absolute atomic E-state index is 0.0388. The summed E-state index contributed by atoms with van der Waals surface area (Å²) >= 11 is 6.99. The number of hydrogen-bond donors (Lipinski definition) is 1. The summed E-state index contributed by atoms with van der Waals surface area (Å²) in [6, 6.07) is 13.5. The molecular weight excluding hydrogens is 361 g/mol. The van der Waals surface area contributed by atoms with E-state index in [2.05, 4.69) is 9.97 Å². The highest BCUT2D eigenvalue weighted by molar-refractivity contribution is 7.98. The third-order valence-corrected chi connectivity index (χ3v) is 4.50. The normalized spacial score (nSPS) is 10.5. The van der Waals surface area contributed by atoms with E-state index in [9.17, 15) is 14.4 Å². The Labute approximate surface area is 152 Å². The summed E-state index contributed by atoms with van der Waals surface area (Å²) in [6.07, 6.45) is 1.78. The molecule has 124 valence electrons. The van der Waals surface area contributed by atoms with Crippen LogP contribution in [0, 0.1) is 17.1 Å². The van der Waals surface area contributed by atoms with Gasteiger partial charge in [-0.25, -0.2) is 9.37 Å². The molecule has 7 heteroatoms. The zero-order valence-corrected chi connectivity index (χ0v) is 14.6. The van der Waals surface area contributed by atoms with Crippen molar-refractivity contribution in [2.45, 2.75) is 5.16 Å². The second-order valence-electron chi connectivity index (χ2n) is 5.12. The number of aromatic nitrogens is 2. The average Bonchev–Trinajstić information content (AvgIpc) is 2.63. The first-order valence-electron chi connectivity index (χ1n) is 7.17. The van der Waals surface area contributed by atoms with Crippen LogP contribution in [0.3, 0.4) is 0 Å². The van der Waals surface area contributed by atoms with E-state index in [4.69, 9.17) is 11.6 Å². The molecular formula is C18H11ClFN3OS. The molecule has 0 saturated heterocycles. The van der Waals surface area contributed by atoms with Crippen LogP contribution < -0.4 is 5.56 Å².